The second kappa shape index (κ2) is 9.93. The van der Waals surface area contributed by atoms with Crippen LogP contribution in [-0.2, 0) is 17.8 Å². The predicted octanol–water partition coefficient (Wildman–Crippen LogP) is 4.27. The largest absolute Gasteiger partial charge is 0.494 e. The summed E-state index contributed by atoms with van der Waals surface area (Å²) in [5.41, 5.74) is 3.40. The summed E-state index contributed by atoms with van der Waals surface area (Å²) in [6, 6.07) is 16.4. The molecule has 1 aromatic heterocycles. The Bertz CT molecular complexity index is 900. The van der Waals surface area contributed by atoms with Gasteiger partial charge in [-0.25, -0.2) is 4.98 Å². The van der Waals surface area contributed by atoms with Crippen molar-refractivity contribution < 1.29 is 9.53 Å². The fraction of sp³-hybridized carbons (Fsp3) is 0.391. The third kappa shape index (κ3) is 5.35. The third-order valence-electron chi connectivity index (χ3n) is 4.79. The van der Waals surface area contributed by atoms with E-state index in [1.807, 2.05) is 37.3 Å². The molecule has 1 amide bonds. The second-order valence-electron chi connectivity index (χ2n) is 6.99. The topological polar surface area (TPSA) is 56.2 Å². The molecule has 0 bridgehead atoms. The van der Waals surface area contributed by atoms with Gasteiger partial charge in [-0.1, -0.05) is 36.8 Å². The molecule has 5 nitrogen and oxygen atoms in total. The monoisotopic (exact) mass is 379 g/mol. The number of aromatic nitrogens is 2. The number of nitrogens with zero attached hydrogens (tertiary/aromatic N) is 2. The van der Waals surface area contributed by atoms with Crippen molar-refractivity contribution in [2.75, 3.05) is 13.2 Å². The van der Waals surface area contributed by atoms with E-state index in [0.717, 1.165) is 48.4 Å². The van der Waals surface area contributed by atoms with Crippen LogP contribution in [0, 0.1) is 6.92 Å². The molecule has 0 spiro atoms. The Morgan fingerprint density at radius 2 is 1.89 bits per heavy atom. The Labute approximate surface area is 166 Å². The molecule has 148 valence electrons. The van der Waals surface area contributed by atoms with E-state index < -0.39 is 0 Å². The summed E-state index contributed by atoms with van der Waals surface area (Å²) < 4.78 is 8.11. The number of carbonyl (C=O) groups is 1. The first-order chi connectivity index (χ1) is 13.7. The Balaban J connectivity index is 1.55. The SMILES string of the molecule is CCC(=O)NCCc1nc2ccccc2n1CCCCOc1ccc(C)cc1. The lowest BCUT2D eigenvalue weighted by molar-refractivity contribution is -0.120. The maximum absolute atomic E-state index is 11.5. The van der Waals surface area contributed by atoms with E-state index in [2.05, 4.69) is 35.0 Å². The summed E-state index contributed by atoms with van der Waals surface area (Å²) in [5, 5.41) is 2.94. The maximum atomic E-state index is 11.5. The van der Waals surface area contributed by atoms with Crippen molar-refractivity contribution in [1.29, 1.82) is 0 Å². The predicted molar refractivity (Wildman–Crippen MR) is 113 cm³/mol. The molecule has 5 heteroatoms. The minimum Gasteiger partial charge on any atom is -0.494 e. The van der Waals surface area contributed by atoms with E-state index in [-0.39, 0.29) is 5.91 Å². The molecule has 1 N–H and O–H groups in total. The Kier molecular flexibility index (Phi) is 7.06. The molecule has 3 rings (SSSR count). The van der Waals surface area contributed by atoms with Crippen molar-refractivity contribution in [3.63, 3.8) is 0 Å². The number of unbranched alkanes of at least 4 members (excludes halogenated alkanes) is 1. The quantitative estimate of drug-likeness (QED) is 0.535. The van der Waals surface area contributed by atoms with Crippen LogP contribution in [0.25, 0.3) is 11.0 Å². The molecule has 0 radical (unpaired) electrons. The zero-order valence-corrected chi connectivity index (χ0v) is 16.8. The minimum absolute atomic E-state index is 0.0796. The number of imidazole rings is 1. The highest BCUT2D eigenvalue weighted by atomic mass is 16.5. The number of fused-ring (bicyclic) bond motifs is 1. The second-order valence-corrected chi connectivity index (χ2v) is 6.99. The molecule has 1 heterocycles. The Morgan fingerprint density at radius 1 is 1.11 bits per heavy atom. The van der Waals surface area contributed by atoms with Crippen LogP contribution in [0.4, 0.5) is 0 Å². The molecular formula is C23H29N3O2. The number of nitrogens with one attached hydrogen (secondary N) is 1. The molecule has 0 saturated heterocycles. The Hall–Kier alpha value is -2.82. The summed E-state index contributed by atoms with van der Waals surface area (Å²) in [4.78, 5) is 16.3. The lowest BCUT2D eigenvalue weighted by atomic mass is 10.2. The van der Waals surface area contributed by atoms with Gasteiger partial charge in [-0.3, -0.25) is 4.79 Å². The highest BCUT2D eigenvalue weighted by molar-refractivity contribution is 5.76. The van der Waals surface area contributed by atoms with Gasteiger partial charge >= 0.3 is 0 Å². The lowest BCUT2D eigenvalue weighted by Gasteiger charge is -2.11. The number of amides is 1. The molecule has 2 aromatic carbocycles. The number of benzene rings is 2. The van der Waals surface area contributed by atoms with Crippen molar-refractivity contribution in [3.05, 3.63) is 59.9 Å². The number of aryl methyl sites for hydroxylation is 2. The van der Waals surface area contributed by atoms with Crippen molar-refractivity contribution in [2.45, 2.75) is 46.1 Å². The summed E-state index contributed by atoms with van der Waals surface area (Å²) in [7, 11) is 0. The van der Waals surface area contributed by atoms with Crippen molar-refractivity contribution in [1.82, 2.24) is 14.9 Å². The van der Waals surface area contributed by atoms with Crippen LogP contribution in [0.15, 0.2) is 48.5 Å². The van der Waals surface area contributed by atoms with E-state index in [1.54, 1.807) is 0 Å². The number of hydrogen-bond acceptors (Lipinski definition) is 3. The average molecular weight is 380 g/mol. The molecule has 0 aliphatic rings. The number of hydrogen-bond donors (Lipinski definition) is 1. The third-order valence-corrected chi connectivity index (χ3v) is 4.79. The van der Waals surface area contributed by atoms with Crippen LogP contribution in [0.3, 0.4) is 0 Å². The van der Waals surface area contributed by atoms with Gasteiger partial charge in [0, 0.05) is 25.9 Å². The van der Waals surface area contributed by atoms with Crippen molar-refractivity contribution in [2.24, 2.45) is 0 Å². The van der Waals surface area contributed by atoms with Gasteiger partial charge in [0.05, 0.1) is 17.6 Å². The first-order valence-corrected chi connectivity index (χ1v) is 10.1. The van der Waals surface area contributed by atoms with Crippen LogP contribution in [-0.4, -0.2) is 28.6 Å². The summed E-state index contributed by atoms with van der Waals surface area (Å²) in [5.74, 6) is 2.03. The standard InChI is InChI=1S/C23H29N3O2/c1-3-23(27)24-15-14-22-25-20-8-4-5-9-21(20)26(22)16-6-7-17-28-19-12-10-18(2)11-13-19/h4-5,8-13H,3,6-7,14-17H2,1-2H3,(H,24,27). The van der Waals surface area contributed by atoms with Gasteiger partial charge in [-0.15, -0.1) is 0 Å². The molecule has 28 heavy (non-hydrogen) atoms. The van der Waals surface area contributed by atoms with E-state index in [0.29, 0.717) is 19.6 Å². The van der Waals surface area contributed by atoms with E-state index in [4.69, 9.17) is 9.72 Å². The van der Waals surface area contributed by atoms with Crippen molar-refractivity contribution >= 4 is 16.9 Å². The number of ether oxygens (including phenoxy) is 1. The van der Waals surface area contributed by atoms with Crippen LogP contribution >= 0.6 is 0 Å². The van der Waals surface area contributed by atoms with E-state index in [1.165, 1.54) is 5.56 Å². The van der Waals surface area contributed by atoms with Gasteiger partial charge in [0.2, 0.25) is 5.91 Å². The molecule has 0 aliphatic heterocycles. The molecule has 3 aromatic rings. The first-order valence-electron chi connectivity index (χ1n) is 10.1. The maximum Gasteiger partial charge on any atom is 0.219 e. The van der Waals surface area contributed by atoms with Gasteiger partial charge in [0.1, 0.15) is 11.6 Å². The highest BCUT2D eigenvalue weighted by Crippen LogP contribution is 2.18. The summed E-state index contributed by atoms with van der Waals surface area (Å²) in [6.45, 7) is 6.16. The molecule has 0 unspecified atom stereocenters. The number of para-hydroxylation sites is 2. The molecule has 0 fully saturated rings. The van der Waals surface area contributed by atoms with Gasteiger partial charge in [-0.2, -0.15) is 0 Å². The van der Waals surface area contributed by atoms with Crippen molar-refractivity contribution in [3.8, 4) is 5.75 Å². The van der Waals surface area contributed by atoms with Crippen LogP contribution < -0.4 is 10.1 Å². The van der Waals surface area contributed by atoms with Gasteiger partial charge in [0.15, 0.2) is 0 Å². The molecule has 0 aliphatic carbocycles. The van der Waals surface area contributed by atoms with Gasteiger partial charge in [-0.05, 0) is 44.0 Å². The fourth-order valence-corrected chi connectivity index (χ4v) is 3.20. The molecular weight excluding hydrogens is 350 g/mol. The zero-order valence-electron chi connectivity index (χ0n) is 16.8. The van der Waals surface area contributed by atoms with E-state index >= 15 is 0 Å². The normalized spacial score (nSPS) is 10.9. The summed E-state index contributed by atoms with van der Waals surface area (Å²) >= 11 is 0. The first kappa shape index (κ1) is 19.9. The minimum atomic E-state index is 0.0796. The molecule has 0 saturated carbocycles. The number of carbonyl (C=O) groups excluding carboxylic acids is 1. The highest BCUT2D eigenvalue weighted by Gasteiger charge is 2.10. The lowest BCUT2D eigenvalue weighted by Crippen LogP contribution is -2.25. The number of rotatable bonds is 10. The van der Waals surface area contributed by atoms with Crippen LogP contribution in [0.2, 0.25) is 0 Å². The van der Waals surface area contributed by atoms with Crippen LogP contribution in [0.1, 0.15) is 37.6 Å². The van der Waals surface area contributed by atoms with Crippen LogP contribution in [0.5, 0.6) is 5.75 Å². The zero-order chi connectivity index (χ0) is 19.8. The molecule has 0 atom stereocenters. The fourth-order valence-electron chi connectivity index (χ4n) is 3.20. The average Bonchev–Trinajstić information content (AvgIpc) is 3.06. The summed E-state index contributed by atoms with van der Waals surface area (Å²) in [6.07, 6.45) is 3.24. The smallest absolute Gasteiger partial charge is 0.219 e. The van der Waals surface area contributed by atoms with Gasteiger partial charge < -0.3 is 14.6 Å². The van der Waals surface area contributed by atoms with Gasteiger partial charge in [0.25, 0.3) is 0 Å². The van der Waals surface area contributed by atoms with E-state index in [9.17, 15) is 4.79 Å². The Morgan fingerprint density at radius 3 is 2.68 bits per heavy atom.